The quantitative estimate of drug-likeness (QED) is 0.697. The zero-order valence-corrected chi connectivity index (χ0v) is 15.7. The maximum atomic E-state index is 13.2. The summed E-state index contributed by atoms with van der Waals surface area (Å²) >= 11 is 0. The average Bonchev–Trinajstić information content (AvgIpc) is 3.06. The highest BCUT2D eigenvalue weighted by atomic mass is 32.2. The predicted molar refractivity (Wildman–Crippen MR) is 104 cm³/mol. The summed E-state index contributed by atoms with van der Waals surface area (Å²) in [6.45, 7) is 0. The first-order chi connectivity index (χ1) is 12.9. The Bertz CT molecular complexity index is 1110. The van der Waals surface area contributed by atoms with Crippen LogP contribution in [-0.4, -0.2) is 53.8 Å². The van der Waals surface area contributed by atoms with Gasteiger partial charge in [-0.05, 0) is 30.7 Å². The predicted octanol–water partition coefficient (Wildman–Crippen LogP) is 2.56. The Hall–Kier alpha value is -2.80. The maximum absolute atomic E-state index is 13.2. The van der Waals surface area contributed by atoms with E-state index < -0.39 is 9.84 Å². The van der Waals surface area contributed by atoms with Gasteiger partial charge in [-0.3, -0.25) is 9.78 Å². The van der Waals surface area contributed by atoms with Crippen molar-refractivity contribution in [2.24, 2.45) is 0 Å². The highest BCUT2D eigenvalue weighted by molar-refractivity contribution is 7.91. The summed E-state index contributed by atoms with van der Waals surface area (Å²) in [5.41, 5.74) is 2.81. The number of hydrogen-bond donors (Lipinski definition) is 0. The zero-order valence-electron chi connectivity index (χ0n) is 14.9. The molecule has 1 aliphatic rings. The van der Waals surface area contributed by atoms with Crippen molar-refractivity contribution in [2.45, 2.75) is 12.5 Å². The number of fused-ring (bicyclic) bond motifs is 1. The standard InChI is InChI=1S/C20H19N3O3S/c1-23(15-8-11-27(25,26)13-15)20(24)17-12-19(14-6-9-21-10-7-14)22-18-5-3-2-4-16(17)18/h2-7,9-10,12,15H,8,11,13H2,1H3. The van der Waals surface area contributed by atoms with E-state index in [9.17, 15) is 13.2 Å². The van der Waals surface area contributed by atoms with E-state index in [2.05, 4.69) is 9.97 Å². The number of nitrogens with zero attached hydrogens (tertiary/aromatic N) is 3. The Morgan fingerprint density at radius 1 is 1.15 bits per heavy atom. The molecule has 7 heteroatoms. The molecule has 0 spiro atoms. The monoisotopic (exact) mass is 381 g/mol. The Kier molecular flexibility index (Phi) is 4.39. The topological polar surface area (TPSA) is 80.2 Å². The van der Waals surface area contributed by atoms with Crippen LogP contribution < -0.4 is 0 Å². The number of sulfone groups is 1. The summed E-state index contributed by atoms with van der Waals surface area (Å²) in [4.78, 5) is 23.5. The minimum absolute atomic E-state index is 0.0233. The van der Waals surface area contributed by atoms with Gasteiger partial charge in [0, 0.05) is 36.4 Å². The summed E-state index contributed by atoms with van der Waals surface area (Å²) in [6.07, 6.45) is 3.84. The van der Waals surface area contributed by atoms with E-state index in [4.69, 9.17) is 0 Å². The molecule has 3 heterocycles. The van der Waals surface area contributed by atoms with Crippen LogP contribution in [0.2, 0.25) is 0 Å². The van der Waals surface area contributed by atoms with E-state index in [1.165, 1.54) is 0 Å². The lowest BCUT2D eigenvalue weighted by atomic mass is 10.0. The van der Waals surface area contributed by atoms with Crippen LogP contribution in [-0.2, 0) is 9.84 Å². The van der Waals surface area contributed by atoms with Crippen LogP contribution in [0.5, 0.6) is 0 Å². The van der Waals surface area contributed by atoms with E-state index in [0.29, 0.717) is 17.7 Å². The molecular formula is C20H19N3O3S. The van der Waals surface area contributed by atoms with Gasteiger partial charge in [0.15, 0.2) is 9.84 Å². The summed E-state index contributed by atoms with van der Waals surface area (Å²) in [7, 11) is -1.39. The number of carbonyl (C=O) groups excluding carboxylic acids is 1. The molecule has 1 unspecified atom stereocenters. The normalized spacial score (nSPS) is 18.5. The lowest BCUT2D eigenvalue weighted by Gasteiger charge is -2.24. The summed E-state index contributed by atoms with van der Waals surface area (Å²) in [5.74, 6) is -0.0320. The Morgan fingerprint density at radius 2 is 1.89 bits per heavy atom. The molecule has 1 fully saturated rings. The first-order valence-corrected chi connectivity index (χ1v) is 10.5. The van der Waals surface area contributed by atoms with Crippen molar-refractivity contribution in [1.29, 1.82) is 0 Å². The zero-order chi connectivity index (χ0) is 19.0. The van der Waals surface area contributed by atoms with Gasteiger partial charge in [-0.2, -0.15) is 0 Å². The molecule has 0 radical (unpaired) electrons. The largest absolute Gasteiger partial charge is 0.338 e. The molecule has 27 heavy (non-hydrogen) atoms. The second-order valence-electron chi connectivity index (χ2n) is 6.78. The van der Waals surface area contributed by atoms with E-state index in [1.54, 1.807) is 30.4 Å². The van der Waals surface area contributed by atoms with Crippen molar-refractivity contribution in [2.75, 3.05) is 18.6 Å². The van der Waals surface area contributed by atoms with Crippen molar-refractivity contribution >= 4 is 26.6 Å². The highest BCUT2D eigenvalue weighted by Gasteiger charge is 2.33. The number of rotatable bonds is 3. The minimum atomic E-state index is -3.06. The van der Waals surface area contributed by atoms with Gasteiger partial charge in [0.2, 0.25) is 0 Å². The molecule has 138 valence electrons. The van der Waals surface area contributed by atoms with Crippen molar-refractivity contribution in [3.05, 3.63) is 60.4 Å². The molecule has 6 nitrogen and oxygen atoms in total. The Morgan fingerprint density at radius 3 is 2.59 bits per heavy atom. The van der Waals surface area contributed by atoms with Crippen molar-refractivity contribution in [1.82, 2.24) is 14.9 Å². The minimum Gasteiger partial charge on any atom is -0.338 e. The number of para-hydroxylation sites is 1. The second-order valence-corrected chi connectivity index (χ2v) is 9.01. The van der Waals surface area contributed by atoms with Crippen LogP contribution in [0.15, 0.2) is 54.9 Å². The molecule has 1 atom stereocenters. The third kappa shape index (κ3) is 3.42. The van der Waals surface area contributed by atoms with Crippen LogP contribution in [0.1, 0.15) is 16.8 Å². The molecule has 1 saturated heterocycles. The lowest BCUT2D eigenvalue weighted by Crippen LogP contribution is -2.38. The van der Waals surface area contributed by atoms with Gasteiger partial charge in [-0.25, -0.2) is 13.4 Å². The van der Waals surface area contributed by atoms with Gasteiger partial charge in [0.25, 0.3) is 5.91 Å². The summed E-state index contributed by atoms with van der Waals surface area (Å²) < 4.78 is 23.6. The van der Waals surface area contributed by atoms with E-state index in [1.807, 2.05) is 36.4 Å². The van der Waals surface area contributed by atoms with Crippen molar-refractivity contribution in [3.8, 4) is 11.3 Å². The molecule has 1 aliphatic heterocycles. The molecule has 1 aromatic carbocycles. The number of pyridine rings is 2. The maximum Gasteiger partial charge on any atom is 0.254 e. The lowest BCUT2D eigenvalue weighted by molar-refractivity contribution is 0.0749. The first kappa shape index (κ1) is 17.6. The molecule has 0 aliphatic carbocycles. The number of aromatic nitrogens is 2. The fourth-order valence-electron chi connectivity index (χ4n) is 3.46. The number of hydrogen-bond acceptors (Lipinski definition) is 5. The number of benzene rings is 1. The van der Waals surface area contributed by atoms with Crippen molar-refractivity contribution < 1.29 is 13.2 Å². The average molecular weight is 381 g/mol. The second kappa shape index (κ2) is 6.74. The Balaban J connectivity index is 1.79. The van der Waals surface area contributed by atoms with Crippen LogP contribution in [0.4, 0.5) is 0 Å². The van der Waals surface area contributed by atoms with E-state index >= 15 is 0 Å². The highest BCUT2D eigenvalue weighted by Crippen LogP contribution is 2.27. The smallest absolute Gasteiger partial charge is 0.254 e. The van der Waals surface area contributed by atoms with E-state index in [-0.39, 0.29) is 23.5 Å². The first-order valence-electron chi connectivity index (χ1n) is 8.72. The third-order valence-electron chi connectivity index (χ3n) is 5.00. The fraction of sp³-hybridized carbons (Fsp3) is 0.250. The third-order valence-corrected chi connectivity index (χ3v) is 6.75. The van der Waals surface area contributed by atoms with Crippen LogP contribution in [0.3, 0.4) is 0 Å². The molecular weight excluding hydrogens is 362 g/mol. The van der Waals surface area contributed by atoms with Gasteiger partial charge < -0.3 is 4.90 Å². The molecule has 0 bridgehead atoms. The summed E-state index contributed by atoms with van der Waals surface area (Å²) in [5, 5.41) is 0.757. The SMILES string of the molecule is CN(C(=O)c1cc(-c2ccncc2)nc2ccccc12)C1CCS(=O)(=O)C1. The van der Waals surface area contributed by atoms with E-state index in [0.717, 1.165) is 16.5 Å². The molecule has 0 N–H and O–H groups in total. The van der Waals surface area contributed by atoms with Crippen LogP contribution >= 0.6 is 0 Å². The van der Waals surface area contributed by atoms with Crippen molar-refractivity contribution in [3.63, 3.8) is 0 Å². The molecule has 3 aromatic rings. The van der Waals surface area contributed by atoms with Gasteiger partial charge in [0.1, 0.15) is 0 Å². The fourth-order valence-corrected chi connectivity index (χ4v) is 5.23. The number of amides is 1. The molecule has 0 saturated carbocycles. The summed E-state index contributed by atoms with van der Waals surface area (Å²) in [6, 6.07) is 12.7. The molecule has 1 amide bonds. The van der Waals surface area contributed by atoms with Gasteiger partial charge in [-0.15, -0.1) is 0 Å². The number of carbonyl (C=O) groups is 1. The Labute approximate surface area is 157 Å². The van der Waals surface area contributed by atoms with Gasteiger partial charge >= 0.3 is 0 Å². The van der Waals surface area contributed by atoms with Gasteiger partial charge in [0.05, 0.1) is 28.3 Å². The van der Waals surface area contributed by atoms with Crippen LogP contribution in [0.25, 0.3) is 22.2 Å². The van der Waals surface area contributed by atoms with Gasteiger partial charge in [-0.1, -0.05) is 18.2 Å². The van der Waals surface area contributed by atoms with Crippen LogP contribution in [0, 0.1) is 0 Å². The molecule has 4 rings (SSSR count). The molecule has 2 aromatic heterocycles.